The maximum atomic E-state index is 9.39. The van der Waals surface area contributed by atoms with Crippen molar-refractivity contribution in [2.75, 3.05) is 6.54 Å². The lowest BCUT2D eigenvalue weighted by molar-refractivity contribution is 0.177. The van der Waals surface area contributed by atoms with E-state index in [1.165, 1.54) is 12.0 Å². The molecule has 3 nitrogen and oxygen atoms in total. The number of hydrogen-bond donors (Lipinski definition) is 2. The molecule has 1 aliphatic carbocycles. The maximum absolute atomic E-state index is 9.39. The van der Waals surface area contributed by atoms with Crippen LogP contribution in [0.25, 0.3) is 0 Å². The van der Waals surface area contributed by atoms with Crippen molar-refractivity contribution < 1.29 is 5.11 Å². The minimum atomic E-state index is -0.0477. The minimum Gasteiger partial charge on any atom is -0.393 e. The predicted octanol–water partition coefficient (Wildman–Crippen LogP) is 1.28. The lowest BCUT2D eigenvalue weighted by atomic mass is 10.1. The number of rotatable bonds is 4. The van der Waals surface area contributed by atoms with Gasteiger partial charge >= 0.3 is 0 Å². The summed E-state index contributed by atoms with van der Waals surface area (Å²) < 4.78 is 2.07. The molecule has 0 bridgehead atoms. The lowest BCUT2D eigenvalue weighted by Gasteiger charge is -2.09. The normalized spacial score (nSPS) is 26.0. The number of nitrogens with zero attached hydrogens (tertiary/aromatic N) is 1. The van der Waals surface area contributed by atoms with Crippen LogP contribution in [-0.2, 0) is 13.6 Å². The molecule has 0 spiro atoms. The average molecular weight is 208 g/mol. The fourth-order valence-electron chi connectivity index (χ4n) is 2.32. The van der Waals surface area contributed by atoms with Crippen LogP contribution in [0.1, 0.15) is 24.8 Å². The van der Waals surface area contributed by atoms with Gasteiger partial charge in [0.05, 0.1) is 6.10 Å². The Balaban J connectivity index is 1.67. The van der Waals surface area contributed by atoms with Crippen molar-refractivity contribution in [3.8, 4) is 0 Å². The highest BCUT2D eigenvalue weighted by Gasteiger charge is 2.21. The van der Waals surface area contributed by atoms with E-state index in [-0.39, 0.29) is 6.10 Å². The van der Waals surface area contributed by atoms with Crippen molar-refractivity contribution >= 4 is 0 Å². The number of aromatic nitrogens is 1. The standard InChI is InChI=1S/C12H20N2O/c1-14-5-4-11(9-14)8-13-7-10-2-3-12(15)6-10/h4-5,9-10,12-13,15H,2-3,6-8H2,1H3. The zero-order chi connectivity index (χ0) is 10.7. The monoisotopic (exact) mass is 208 g/mol. The van der Waals surface area contributed by atoms with Gasteiger partial charge in [-0.1, -0.05) is 0 Å². The predicted molar refractivity (Wildman–Crippen MR) is 60.5 cm³/mol. The van der Waals surface area contributed by atoms with Gasteiger partial charge in [-0.05, 0) is 43.4 Å². The molecule has 3 heteroatoms. The summed E-state index contributed by atoms with van der Waals surface area (Å²) in [7, 11) is 2.04. The highest BCUT2D eigenvalue weighted by Crippen LogP contribution is 2.24. The molecule has 0 aromatic carbocycles. The molecule has 1 fully saturated rings. The molecular weight excluding hydrogens is 188 g/mol. The van der Waals surface area contributed by atoms with Crippen molar-refractivity contribution in [2.45, 2.75) is 31.9 Å². The first-order chi connectivity index (χ1) is 7.24. The third-order valence-corrected chi connectivity index (χ3v) is 3.17. The quantitative estimate of drug-likeness (QED) is 0.782. The summed E-state index contributed by atoms with van der Waals surface area (Å²) in [6.07, 6.45) is 7.28. The smallest absolute Gasteiger partial charge is 0.0543 e. The van der Waals surface area contributed by atoms with E-state index in [2.05, 4.69) is 28.3 Å². The number of aliphatic hydroxyl groups excluding tert-OH is 1. The summed E-state index contributed by atoms with van der Waals surface area (Å²) in [5, 5.41) is 12.8. The fraction of sp³-hybridized carbons (Fsp3) is 0.667. The fourth-order valence-corrected chi connectivity index (χ4v) is 2.32. The van der Waals surface area contributed by atoms with Crippen molar-refractivity contribution in [2.24, 2.45) is 13.0 Å². The molecule has 2 N–H and O–H groups in total. The van der Waals surface area contributed by atoms with Gasteiger partial charge in [-0.3, -0.25) is 0 Å². The topological polar surface area (TPSA) is 37.2 Å². The SMILES string of the molecule is Cn1ccc(CNCC2CCC(O)C2)c1. The molecule has 15 heavy (non-hydrogen) atoms. The molecule has 2 unspecified atom stereocenters. The van der Waals surface area contributed by atoms with Crippen molar-refractivity contribution in [3.63, 3.8) is 0 Å². The maximum Gasteiger partial charge on any atom is 0.0543 e. The highest BCUT2D eigenvalue weighted by atomic mass is 16.3. The number of aryl methyl sites for hydroxylation is 1. The molecule has 1 aromatic heterocycles. The molecule has 84 valence electrons. The molecule has 2 atom stereocenters. The van der Waals surface area contributed by atoms with Gasteiger partial charge < -0.3 is 15.0 Å². The molecule has 2 rings (SSSR count). The van der Waals surface area contributed by atoms with Gasteiger partial charge in [0.2, 0.25) is 0 Å². The van der Waals surface area contributed by atoms with Crippen LogP contribution in [0, 0.1) is 5.92 Å². The van der Waals surface area contributed by atoms with E-state index in [0.717, 1.165) is 25.9 Å². The molecule has 1 heterocycles. The van der Waals surface area contributed by atoms with E-state index in [1.807, 2.05) is 7.05 Å². The Labute approximate surface area is 91.1 Å². The van der Waals surface area contributed by atoms with Gasteiger partial charge in [-0.2, -0.15) is 0 Å². The molecule has 0 amide bonds. The van der Waals surface area contributed by atoms with Crippen LogP contribution in [0.2, 0.25) is 0 Å². The minimum absolute atomic E-state index is 0.0477. The second kappa shape index (κ2) is 4.81. The van der Waals surface area contributed by atoms with Crippen molar-refractivity contribution in [3.05, 3.63) is 24.0 Å². The van der Waals surface area contributed by atoms with Crippen LogP contribution in [0.15, 0.2) is 18.5 Å². The summed E-state index contributed by atoms with van der Waals surface area (Å²) in [5.74, 6) is 0.670. The van der Waals surface area contributed by atoms with Crippen LogP contribution in [0.5, 0.6) is 0 Å². The first kappa shape index (κ1) is 10.7. The van der Waals surface area contributed by atoms with Gasteiger partial charge in [0, 0.05) is 26.0 Å². The van der Waals surface area contributed by atoms with E-state index in [4.69, 9.17) is 0 Å². The van der Waals surface area contributed by atoms with Crippen LogP contribution in [0.3, 0.4) is 0 Å². The zero-order valence-electron chi connectivity index (χ0n) is 9.32. The van der Waals surface area contributed by atoms with Gasteiger partial charge in [-0.25, -0.2) is 0 Å². The third kappa shape index (κ3) is 3.08. The van der Waals surface area contributed by atoms with Crippen molar-refractivity contribution in [1.82, 2.24) is 9.88 Å². The molecule has 1 saturated carbocycles. The van der Waals surface area contributed by atoms with E-state index >= 15 is 0 Å². The molecular formula is C12H20N2O. The Hall–Kier alpha value is -0.800. The van der Waals surface area contributed by atoms with Crippen LogP contribution < -0.4 is 5.32 Å². The van der Waals surface area contributed by atoms with Crippen LogP contribution in [-0.4, -0.2) is 22.3 Å². The number of aliphatic hydroxyl groups is 1. The molecule has 1 aliphatic rings. The lowest BCUT2D eigenvalue weighted by Crippen LogP contribution is -2.21. The molecule has 0 saturated heterocycles. The highest BCUT2D eigenvalue weighted by molar-refractivity contribution is 5.09. The van der Waals surface area contributed by atoms with Crippen LogP contribution >= 0.6 is 0 Å². The summed E-state index contributed by atoms with van der Waals surface area (Å²) >= 11 is 0. The van der Waals surface area contributed by atoms with Crippen molar-refractivity contribution in [1.29, 1.82) is 0 Å². The summed E-state index contributed by atoms with van der Waals surface area (Å²) in [6.45, 7) is 1.97. The number of nitrogens with one attached hydrogen (secondary N) is 1. The van der Waals surface area contributed by atoms with Gasteiger partial charge in [0.1, 0.15) is 0 Å². The first-order valence-corrected chi connectivity index (χ1v) is 5.73. The van der Waals surface area contributed by atoms with E-state index in [9.17, 15) is 5.11 Å². The first-order valence-electron chi connectivity index (χ1n) is 5.73. The van der Waals surface area contributed by atoms with Gasteiger partial charge in [0.25, 0.3) is 0 Å². The Kier molecular flexibility index (Phi) is 3.44. The summed E-state index contributed by atoms with van der Waals surface area (Å²) in [4.78, 5) is 0. The molecule has 0 aliphatic heterocycles. The van der Waals surface area contributed by atoms with E-state index in [1.54, 1.807) is 0 Å². The largest absolute Gasteiger partial charge is 0.393 e. The molecule has 0 radical (unpaired) electrons. The van der Waals surface area contributed by atoms with E-state index < -0.39 is 0 Å². The van der Waals surface area contributed by atoms with Gasteiger partial charge in [0.15, 0.2) is 0 Å². The third-order valence-electron chi connectivity index (χ3n) is 3.17. The molecule has 1 aromatic rings. The summed E-state index contributed by atoms with van der Waals surface area (Å²) in [6, 6.07) is 2.14. The Morgan fingerprint density at radius 1 is 1.53 bits per heavy atom. The van der Waals surface area contributed by atoms with Crippen LogP contribution in [0.4, 0.5) is 0 Å². The second-order valence-electron chi connectivity index (χ2n) is 4.65. The average Bonchev–Trinajstić information content (AvgIpc) is 2.76. The summed E-state index contributed by atoms with van der Waals surface area (Å²) in [5.41, 5.74) is 1.33. The zero-order valence-corrected chi connectivity index (χ0v) is 9.32. The Bertz CT molecular complexity index is 308. The van der Waals surface area contributed by atoms with Gasteiger partial charge in [-0.15, -0.1) is 0 Å². The Morgan fingerprint density at radius 2 is 2.40 bits per heavy atom. The number of hydrogen-bond acceptors (Lipinski definition) is 2. The second-order valence-corrected chi connectivity index (χ2v) is 4.65. The van der Waals surface area contributed by atoms with E-state index in [0.29, 0.717) is 5.92 Å². The Morgan fingerprint density at radius 3 is 3.00 bits per heavy atom.